The van der Waals surface area contributed by atoms with Crippen LogP contribution in [-0.4, -0.2) is 28.6 Å². The highest BCUT2D eigenvalue weighted by Crippen LogP contribution is 2.45. The maximum absolute atomic E-state index is 13.5. The summed E-state index contributed by atoms with van der Waals surface area (Å²) in [5, 5.41) is 0. The SMILES string of the molecule is CCC(=O)Oc1cc(OC(=O)CC)c(C(=O)CCc2ccc(OP(=O)(O)Oc3cc(C)cc(C)c3)cc2)c(OC(=O)CC)c1. The number of hydrogen-bond acceptors (Lipinski definition) is 10. The summed E-state index contributed by atoms with van der Waals surface area (Å²) in [7, 11) is -4.49. The van der Waals surface area contributed by atoms with Gasteiger partial charge in [0.2, 0.25) is 0 Å². The van der Waals surface area contributed by atoms with Crippen LogP contribution in [0.1, 0.15) is 73.5 Å². The zero-order valence-corrected chi connectivity index (χ0v) is 26.1. The third-order valence-corrected chi connectivity index (χ3v) is 6.95. The number of aryl methyl sites for hydroxylation is 3. The van der Waals surface area contributed by atoms with E-state index in [1.165, 1.54) is 24.3 Å². The van der Waals surface area contributed by atoms with Gasteiger partial charge in [-0.3, -0.25) is 24.1 Å². The van der Waals surface area contributed by atoms with E-state index < -0.39 is 31.5 Å². The normalized spacial score (nSPS) is 12.0. The Bertz CT molecular complexity index is 1520. The first kappa shape index (κ1) is 34.0. The van der Waals surface area contributed by atoms with Crippen molar-refractivity contribution in [2.24, 2.45) is 0 Å². The molecule has 0 spiro atoms. The van der Waals surface area contributed by atoms with Gasteiger partial charge in [0, 0.05) is 37.8 Å². The molecule has 44 heavy (non-hydrogen) atoms. The lowest BCUT2D eigenvalue weighted by atomic mass is 10.0. The third kappa shape index (κ3) is 10.1. The van der Waals surface area contributed by atoms with E-state index >= 15 is 0 Å². The molecule has 3 aromatic rings. The van der Waals surface area contributed by atoms with E-state index in [4.69, 9.17) is 23.3 Å². The van der Waals surface area contributed by atoms with Gasteiger partial charge < -0.3 is 23.3 Å². The Balaban J connectivity index is 1.79. The van der Waals surface area contributed by atoms with Gasteiger partial charge in [0.15, 0.2) is 5.78 Å². The molecule has 11 nitrogen and oxygen atoms in total. The second-order valence-corrected chi connectivity index (χ2v) is 11.1. The number of ketones is 1. The van der Waals surface area contributed by atoms with Gasteiger partial charge in [0.1, 0.15) is 34.3 Å². The van der Waals surface area contributed by atoms with Crippen LogP contribution < -0.4 is 23.3 Å². The number of Topliss-reactive ketones (excluding diaryl/α,β-unsaturated/α-hetero) is 1. The fourth-order valence-corrected chi connectivity index (χ4v) is 4.82. The first-order valence-corrected chi connectivity index (χ1v) is 15.5. The molecule has 0 aliphatic rings. The lowest BCUT2D eigenvalue weighted by Gasteiger charge is -2.16. The second kappa shape index (κ2) is 15.3. The summed E-state index contributed by atoms with van der Waals surface area (Å²) in [6, 6.07) is 13.8. The summed E-state index contributed by atoms with van der Waals surface area (Å²) in [5.41, 5.74) is 2.26. The van der Waals surface area contributed by atoms with Crippen LogP contribution in [0.5, 0.6) is 28.7 Å². The van der Waals surface area contributed by atoms with Crippen LogP contribution in [0.25, 0.3) is 0 Å². The Morgan fingerprint density at radius 2 is 1.14 bits per heavy atom. The van der Waals surface area contributed by atoms with Crippen LogP contribution in [0.15, 0.2) is 54.6 Å². The zero-order chi connectivity index (χ0) is 32.4. The predicted molar refractivity (Wildman–Crippen MR) is 160 cm³/mol. The van der Waals surface area contributed by atoms with Crippen molar-refractivity contribution in [2.75, 3.05) is 0 Å². The van der Waals surface area contributed by atoms with Gasteiger partial charge in [0.25, 0.3) is 0 Å². The monoisotopic (exact) mass is 626 g/mol. The fraction of sp³-hybridized carbons (Fsp3) is 0.312. The van der Waals surface area contributed by atoms with Crippen LogP contribution in [0.4, 0.5) is 0 Å². The molecule has 234 valence electrons. The van der Waals surface area contributed by atoms with Gasteiger partial charge in [0.05, 0.1) is 0 Å². The van der Waals surface area contributed by atoms with Gasteiger partial charge in [-0.1, -0.05) is 39.0 Å². The molecule has 0 aromatic heterocycles. The highest BCUT2D eigenvalue weighted by molar-refractivity contribution is 7.48. The Labute approximate surface area is 255 Å². The number of esters is 3. The van der Waals surface area contributed by atoms with E-state index in [1.807, 2.05) is 19.9 Å². The topological polar surface area (TPSA) is 152 Å². The summed E-state index contributed by atoms with van der Waals surface area (Å²) >= 11 is 0. The molecule has 0 saturated heterocycles. The van der Waals surface area contributed by atoms with Gasteiger partial charge in [-0.2, -0.15) is 0 Å². The van der Waals surface area contributed by atoms with Crippen molar-refractivity contribution in [1.29, 1.82) is 0 Å². The number of benzene rings is 3. The molecule has 3 rings (SSSR count). The summed E-state index contributed by atoms with van der Waals surface area (Å²) in [5.74, 6) is -2.55. The van der Waals surface area contributed by atoms with Crippen molar-refractivity contribution in [3.8, 4) is 28.7 Å². The predicted octanol–water partition coefficient (Wildman–Crippen LogP) is 6.62. The number of rotatable bonds is 14. The molecular weight excluding hydrogens is 591 g/mol. The molecule has 0 aliphatic carbocycles. The second-order valence-electron chi connectivity index (χ2n) is 9.82. The third-order valence-electron chi connectivity index (χ3n) is 6.06. The maximum atomic E-state index is 13.5. The van der Waals surface area contributed by atoms with Gasteiger partial charge in [-0.15, -0.1) is 0 Å². The van der Waals surface area contributed by atoms with Crippen molar-refractivity contribution in [2.45, 2.75) is 66.7 Å². The molecule has 1 unspecified atom stereocenters. The zero-order valence-electron chi connectivity index (χ0n) is 25.2. The molecule has 1 N–H and O–H groups in total. The number of ether oxygens (including phenoxy) is 3. The Morgan fingerprint density at radius 1 is 0.659 bits per heavy atom. The summed E-state index contributed by atoms with van der Waals surface area (Å²) in [6.07, 6.45) is 0.191. The minimum Gasteiger partial charge on any atom is -0.426 e. The summed E-state index contributed by atoms with van der Waals surface area (Å²) in [4.78, 5) is 59.9. The summed E-state index contributed by atoms with van der Waals surface area (Å²) < 4.78 is 38.9. The lowest BCUT2D eigenvalue weighted by Crippen LogP contribution is -2.15. The molecule has 3 aromatic carbocycles. The van der Waals surface area contributed by atoms with E-state index in [1.54, 1.807) is 45.0 Å². The maximum Gasteiger partial charge on any atom is 0.584 e. The highest BCUT2D eigenvalue weighted by Gasteiger charge is 2.26. The molecule has 1 atom stereocenters. The molecule has 0 heterocycles. The van der Waals surface area contributed by atoms with E-state index in [9.17, 15) is 28.6 Å². The van der Waals surface area contributed by atoms with Crippen molar-refractivity contribution >= 4 is 31.5 Å². The molecule has 0 aliphatic heterocycles. The van der Waals surface area contributed by atoms with Crippen LogP contribution >= 0.6 is 7.82 Å². The van der Waals surface area contributed by atoms with Gasteiger partial charge >= 0.3 is 25.7 Å². The fourth-order valence-electron chi connectivity index (χ4n) is 4.02. The standard InChI is InChI=1S/C32H35O11P/c1-6-29(34)39-24-18-27(40-30(35)7-2)32(28(19-24)41-31(36)8-3)26(33)14-11-22-9-12-23(13-10-22)42-44(37,38)43-25-16-20(4)15-21(5)17-25/h9-10,12-13,15-19H,6-8,11,14H2,1-5H3,(H,37,38). The van der Waals surface area contributed by atoms with E-state index in [-0.39, 0.29) is 66.4 Å². The van der Waals surface area contributed by atoms with Crippen LogP contribution in [-0.2, 0) is 25.4 Å². The Kier molecular flexibility index (Phi) is 11.8. The highest BCUT2D eigenvalue weighted by atomic mass is 31.2. The Hall–Kier alpha value is -4.47. The van der Waals surface area contributed by atoms with Crippen molar-refractivity contribution < 1.29 is 51.9 Å². The number of phosphoric ester groups is 1. The minimum absolute atomic E-state index is 0.00154. The van der Waals surface area contributed by atoms with Gasteiger partial charge in [-0.05, 0) is 61.2 Å². The largest absolute Gasteiger partial charge is 0.584 e. The average Bonchev–Trinajstić information content (AvgIpc) is 2.95. The van der Waals surface area contributed by atoms with Crippen molar-refractivity contribution in [3.63, 3.8) is 0 Å². The van der Waals surface area contributed by atoms with Crippen molar-refractivity contribution in [3.05, 3.63) is 76.9 Å². The molecule has 0 amide bonds. The molecule has 0 saturated carbocycles. The van der Waals surface area contributed by atoms with E-state index in [0.29, 0.717) is 5.56 Å². The van der Waals surface area contributed by atoms with E-state index in [2.05, 4.69) is 0 Å². The molecule has 0 radical (unpaired) electrons. The summed E-state index contributed by atoms with van der Waals surface area (Å²) in [6.45, 7) is 8.41. The van der Waals surface area contributed by atoms with Crippen LogP contribution in [0, 0.1) is 13.8 Å². The number of hydrogen-bond donors (Lipinski definition) is 1. The number of carbonyl (C=O) groups is 4. The molecule has 12 heteroatoms. The van der Waals surface area contributed by atoms with Gasteiger partial charge in [-0.25, -0.2) is 4.57 Å². The van der Waals surface area contributed by atoms with E-state index in [0.717, 1.165) is 11.1 Å². The molecule has 0 bridgehead atoms. The minimum atomic E-state index is -4.49. The van der Waals surface area contributed by atoms with Crippen LogP contribution in [0.2, 0.25) is 0 Å². The van der Waals surface area contributed by atoms with Crippen molar-refractivity contribution in [1.82, 2.24) is 0 Å². The molecule has 0 fully saturated rings. The lowest BCUT2D eigenvalue weighted by molar-refractivity contribution is -0.134. The van der Waals surface area contributed by atoms with Crippen LogP contribution in [0.3, 0.4) is 0 Å². The average molecular weight is 627 g/mol. The smallest absolute Gasteiger partial charge is 0.426 e. The first-order valence-electron chi connectivity index (χ1n) is 14.0. The number of carbonyl (C=O) groups excluding carboxylic acids is 4. The Morgan fingerprint density at radius 3 is 1.64 bits per heavy atom. The molecular formula is C32H35O11P. The quantitative estimate of drug-likeness (QED) is 0.0889. The number of phosphoric acid groups is 1. The first-order chi connectivity index (χ1) is 20.8.